The van der Waals surface area contributed by atoms with Crippen molar-refractivity contribution < 1.29 is 22.7 Å². The molecule has 0 aromatic carbocycles. The van der Waals surface area contributed by atoms with Crippen LogP contribution in [0.25, 0.3) is 0 Å². The van der Waals surface area contributed by atoms with E-state index in [4.69, 9.17) is 0 Å². The third-order valence-corrected chi connectivity index (χ3v) is 2.45. The average Bonchev–Trinajstić information content (AvgIpc) is 2.21. The number of nitrogens with zero attached hydrogens (tertiary/aromatic N) is 1. The molecule has 0 aliphatic carbocycles. The molecule has 88 valence electrons. The average molecular weight is 345 g/mol. The Kier molecular flexibility index (Phi) is 4.51. The molecule has 16 heavy (non-hydrogen) atoms. The molecule has 3 nitrogen and oxygen atoms in total. The monoisotopic (exact) mass is 345 g/mol. The van der Waals surface area contributed by atoms with Crippen LogP contribution in [0.15, 0.2) is 6.20 Å². The molecular weight excluding hydrogens is 338 g/mol. The van der Waals surface area contributed by atoms with E-state index in [9.17, 15) is 18.0 Å². The summed E-state index contributed by atoms with van der Waals surface area (Å²) in [6.07, 6.45) is -2.10. The lowest BCUT2D eigenvalue weighted by Gasteiger charge is -2.08. The van der Waals surface area contributed by atoms with Crippen molar-refractivity contribution in [2.24, 2.45) is 0 Å². The summed E-state index contributed by atoms with van der Waals surface area (Å²) in [5.41, 5.74) is -1.68. The summed E-state index contributed by atoms with van der Waals surface area (Å²) in [5.74, 6) is -2.18. The van der Waals surface area contributed by atoms with Gasteiger partial charge in [-0.05, 0) is 29.5 Å². The van der Waals surface area contributed by atoms with Crippen LogP contribution in [0.3, 0.4) is 0 Å². The van der Waals surface area contributed by atoms with E-state index in [1.165, 1.54) is 29.5 Å². The van der Waals surface area contributed by atoms with E-state index in [1.54, 1.807) is 0 Å². The second-order valence-corrected chi connectivity index (χ2v) is 3.87. The first kappa shape index (κ1) is 13.2. The normalized spacial score (nSPS) is 10.6. The number of rotatable bonds is 3. The lowest BCUT2D eigenvalue weighted by molar-refractivity contribution is 0.0505. The minimum absolute atomic E-state index is 0.0107. The highest BCUT2D eigenvalue weighted by Gasteiger charge is 2.26. The van der Waals surface area contributed by atoms with E-state index in [0.29, 0.717) is 0 Å². The highest BCUT2D eigenvalue weighted by atomic mass is 127. The van der Waals surface area contributed by atoms with Gasteiger partial charge in [0.15, 0.2) is 5.69 Å². The van der Waals surface area contributed by atoms with E-state index in [2.05, 4.69) is 9.72 Å². The highest BCUT2D eigenvalue weighted by Crippen LogP contribution is 2.27. The summed E-state index contributed by atoms with van der Waals surface area (Å²) in [5, 5.41) is 0. The number of carbonyl (C=O) groups is 1. The zero-order valence-electron chi connectivity index (χ0n) is 8.14. The quantitative estimate of drug-likeness (QED) is 0.625. The molecule has 1 aromatic rings. The molecule has 0 amide bonds. The van der Waals surface area contributed by atoms with Gasteiger partial charge in [-0.25, -0.2) is 22.9 Å². The van der Waals surface area contributed by atoms with Gasteiger partial charge in [-0.3, -0.25) is 0 Å². The van der Waals surface area contributed by atoms with Crippen LogP contribution in [-0.2, 0) is 4.74 Å². The van der Waals surface area contributed by atoms with Crippen molar-refractivity contribution in [3.63, 3.8) is 0 Å². The molecule has 0 N–H and O–H groups in total. The Labute approximate surface area is 103 Å². The first-order chi connectivity index (χ1) is 7.49. The Morgan fingerprint density at radius 3 is 2.75 bits per heavy atom. The van der Waals surface area contributed by atoms with Crippen LogP contribution < -0.4 is 0 Å². The topological polar surface area (TPSA) is 39.2 Å². The summed E-state index contributed by atoms with van der Waals surface area (Å²) < 4.78 is 43.0. The van der Waals surface area contributed by atoms with E-state index in [1.807, 2.05) is 0 Å². The molecule has 0 aliphatic heterocycles. The highest BCUT2D eigenvalue weighted by molar-refractivity contribution is 14.1. The number of aromatic nitrogens is 1. The number of carbonyl (C=O) groups excluding carboxylic acids is 1. The lowest BCUT2D eigenvalue weighted by Crippen LogP contribution is -2.13. The number of ether oxygens (including phenoxy) is 1. The maximum Gasteiger partial charge on any atom is 0.357 e. The van der Waals surface area contributed by atoms with Gasteiger partial charge in [-0.15, -0.1) is 0 Å². The van der Waals surface area contributed by atoms with Crippen molar-refractivity contribution in [2.45, 2.75) is 13.3 Å². The molecule has 0 radical (unpaired) electrons. The Morgan fingerprint density at radius 1 is 1.62 bits per heavy atom. The predicted molar refractivity (Wildman–Crippen MR) is 57.8 cm³/mol. The largest absolute Gasteiger partial charge is 0.461 e. The third kappa shape index (κ3) is 2.63. The van der Waals surface area contributed by atoms with E-state index < -0.39 is 29.5 Å². The lowest BCUT2D eigenvalue weighted by atomic mass is 10.2. The van der Waals surface area contributed by atoms with Gasteiger partial charge in [0.05, 0.1) is 15.7 Å². The summed E-state index contributed by atoms with van der Waals surface area (Å²) >= 11 is 1.52. The zero-order valence-corrected chi connectivity index (χ0v) is 10.3. The molecule has 0 atom stereocenters. The Hall–Kier alpha value is -0.860. The van der Waals surface area contributed by atoms with Crippen molar-refractivity contribution in [1.82, 2.24) is 4.98 Å². The van der Waals surface area contributed by atoms with Crippen LogP contribution in [-0.4, -0.2) is 17.6 Å². The van der Waals surface area contributed by atoms with Gasteiger partial charge in [0.1, 0.15) is 5.82 Å². The maximum absolute atomic E-state index is 13.4. The molecule has 0 saturated heterocycles. The van der Waals surface area contributed by atoms with Crippen LogP contribution in [0.1, 0.15) is 29.4 Å². The van der Waals surface area contributed by atoms with Gasteiger partial charge in [-0.1, -0.05) is 0 Å². The SMILES string of the molecule is CCOC(=O)c1ncc(I)c(F)c1C(F)F. The van der Waals surface area contributed by atoms with E-state index in [-0.39, 0.29) is 10.2 Å². The Morgan fingerprint density at radius 2 is 2.25 bits per heavy atom. The van der Waals surface area contributed by atoms with Crippen molar-refractivity contribution in [1.29, 1.82) is 0 Å². The number of pyridine rings is 1. The molecule has 0 bridgehead atoms. The number of hydrogen-bond acceptors (Lipinski definition) is 3. The number of halogens is 4. The first-order valence-corrected chi connectivity index (χ1v) is 5.36. The minimum atomic E-state index is -3.11. The van der Waals surface area contributed by atoms with Crippen LogP contribution >= 0.6 is 22.6 Å². The first-order valence-electron chi connectivity index (χ1n) is 4.28. The van der Waals surface area contributed by atoms with Crippen molar-refractivity contribution in [3.05, 3.63) is 26.8 Å². The minimum Gasteiger partial charge on any atom is -0.461 e. The molecule has 7 heteroatoms. The van der Waals surface area contributed by atoms with Crippen molar-refractivity contribution in [2.75, 3.05) is 6.61 Å². The summed E-state index contributed by atoms with van der Waals surface area (Å²) in [7, 11) is 0. The molecule has 1 heterocycles. The second kappa shape index (κ2) is 5.46. The van der Waals surface area contributed by atoms with Gasteiger partial charge in [0.25, 0.3) is 6.43 Å². The smallest absolute Gasteiger partial charge is 0.357 e. The van der Waals surface area contributed by atoms with Crippen molar-refractivity contribution >= 4 is 28.6 Å². The van der Waals surface area contributed by atoms with Gasteiger partial charge >= 0.3 is 5.97 Å². The Balaban J connectivity index is 3.28. The second-order valence-electron chi connectivity index (χ2n) is 2.70. The van der Waals surface area contributed by atoms with Crippen molar-refractivity contribution in [3.8, 4) is 0 Å². The molecule has 0 spiro atoms. The fourth-order valence-electron chi connectivity index (χ4n) is 1.04. The number of hydrogen-bond donors (Lipinski definition) is 0. The van der Waals surface area contributed by atoms with E-state index in [0.717, 1.165) is 6.20 Å². The molecular formula is C9H7F3INO2. The van der Waals surface area contributed by atoms with Crippen LogP contribution in [0.2, 0.25) is 0 Å². The van der Waals surface area contributed by atoms with Gasteiger partial charge in [0, 0.05) is 6.20 Å². The number of esters is 1. The maximum atomic E-state index is 13.4. The number of alkyl halides is 2. The summed E-state index contributed by atoms with van der Waals surface area (Å²) in [6, 6.07) is 0. The molecule has 1 aromatic heterocycles. The summed E-state index contributed by atoms with van der Waals surface area (Å²) in [4.78, 5) is 14.7. The molecule has 0 fully saturated rings. The molecule has 0 saturated carbocycles. The fraction of sp³-hybridized carbons (Fsp3) is 0.333. The van der Waals surface area contributed by atoms with Gasteiger partial charge in [-0.2, -0.15) is 0 Å². The van der Waals surface area contributed by atoms with E-state index >= 15 is 0 Å². The summed E-state index contributed by atoms with van der Waals surface area (Å²) in [6.45, 7) is 1.53. The third-order valence-electron chi connectivity index (χ3n) is 1.70. The molecule has 0 unspecified atom stereocenters. The van der Waals surface area contributed by atoms with Crippen LogP contribution in [0.4, 0.5) is 13.2 Å². The zero-order chi connectivity index (χ0) is 12.3. The standard InChI is InChI=1S/C9H7F3INO2/c1-2-16-9(15)7-5(8(11)12)6(10)4(13)3-14-7/h3,8H,2H2,1H3. The predicted octanol–water partition coefficient (Wildman–Crippen LogP) is 2.94. The van der Waals surface area contributed by atoms with Gasteiger partial charge < -0.3 is 4.74 Å². The molecule has 1 rings (SSSR count). The van der Waals surface area contributed by atoms with Gasteiger partial charge in [0.2, 0.25) is 0 Å². The fourth-order valence-corrected chi connectivity index (χ4v) is 1.47. The molecule has 0 aliphatic rings. The van der Waals surface area contributed by atoms with Crippen LogP contribution in [0, 0.1) is 9.39 Å². The van der Waals surface area contributed by atoms with Crippen LogP contribution in [0.5, 0.6) is 0 Å². The Bertz CT molecular complexity index is 412.